The van der Waals surface area contributed by atoms with E-state index in [0.717, 1.165) is 12.8 Å². The summed E-state index contributed by atoms with van der Waals surface area (Å²) in [5.41, 5.74) is 0. The minimum atomic E-state index is -0.810. The highest BCUT2D eigenvalue weighted by molar-refractivity contribution is 5.92. The van der Waals surface area contributed by atoms with Crippen molar-refractivity contribution in [1.82, 2.24) is 10.2 Å². The van der Waals surface area contributed by atoms with Crippen molar-refractivity contribution in [3.05, 3.63) is 0 Å². The summed E-state index contributed by atoms with van der Waals surface area (Å²) in [6.07, 6.45) is 3.15. The highest BCUT2D eigenvalue weighted by Gasteiger charge is 2.52. The fourth-order valence-corrected chi connectivity index (χ4v) is 3.58. The van der Waals surface area contributed by atoms with E-state index in [0.29, 0.717) is 19.3 Å². The lowest BCUT2D eigenvalue weighted by Gasteiger charge is -2.26. The van der Waals surface area contributed by atoms with Gasteiger partial charge in [-0.25, -0.2) is 0 Å². The van der Waals surface area contributed by atoms with Crippen LogP contribution in [0.25, 0.3) is 0 Å². The van der Waals surface area contributed by atoms with Crippen molar-refractivity contribution in [3.63, 3.8) is 0 Å². The second kappa shape index (κ2) is 3.96. The number of nitrogens with one attached hydrogen (secondary N) is 1. The van der Waals surface area contributed by atoms with Crippen molar-refractivity contribution >= 4 is 17.8 Å². The van der Waals surface area contributed by atoms with Crippen LogP contribution in [0.5, 0.6) is 0 Å². The molecule has 98 valence electrons. The van der Waals surface area contributed by atoms with E-state index >= 15 is 0 Å². The van der Waals surface area contributed by atoms with Crippen LogP contribution in [-0.4, -0.2) is 45.9 Å². The SMILES string of the molecule is O=C1CC[C@@H](C(=O)N2C3CCC2C(C(=O)O)C3)N1. The first-order valence-corrected chi connectivity index (χ1v) is 6.42. The summed E-state index contributed by atoms with van der Waals surface area (Å²) < 4.78 is 0. The summed E-state index contributed by atoms with van der Waals surface area (Å²) in [7, 11) is 0. The Kier molecular flexibility index (Phi) is 2.53. The van der Waals surface area contributed by atoms with Gasteiger partial charge in [-0.1, -0.05) is 0 Å². The molecule has 3 rings (SSSR count). The van der Waals surface area contributed by atoms with Crippen LogP contribution in [0.4, 0.5) is 0 Å². The van der Waals surface area contributed by atoms with Crippen LogP contribution < -0.4 is 5.32 Å². The number of carbonyl (C=O) groups excluding carboxylic acids is 2. The second-order valence-corrected chi connectivity index (χ2v) is 5.38. The molecule has 0 saturated carbocycles. The zero-order valence-electron chi connectivity index (χ0n) is 9.96. The van der Waals surface area contributed by atoms with E-state index in [1.165, 1.54) is 0 Å². The van der Waals surface area contributed by atoms with E-state index in [2.05, 4.69) is 5.32 Å². The normalized spacial score (nSPS) is 38.0. The fourth-order valence-electron chi connectivity index (χ4n) is 3.58. The van der Waals surface area contributed by atoms with Crippen molar-refractivity contribution < 1.29 is 19.5 Å². The molecule has 0 aliphatic carbocycles. The summed E-state index contributed by atoms with van der Waals surface area (Å²) in [4.78, 5) is 36.3. The lowest BCUT2D eigenvalue weighted by molar-refractivity contribution is -0.143. The molecule has 6 heteroatoms. The highest BCUT2D eigenvalue weighted by atomic mass is 16.4. The quantitative estimate of drug-likeness (QED) is 0.708. The van der Waals surface area contributed by atoms with Crippen molar-refractivity contribution in [2.24, 2.45) is 5.92 Å². The first-order valence-electron chi connectivity index (χ1n) is 6.42. The van der Waals surface area contributed by atoms with Crippen LogP contribution in [0, 0.1) is 5.92 Å². The van der Waals surface area contributed by atoms with Gasteiger partial charge in [0.1, 0.15) is 6.04 Å². The highest BCUT2D eigenvalue weighted by Crippen LogP contribution is 2.42. The van der Waals surface area contributed by atoms with Crippen molar-refractivity contribution in [3.8, 4) is 0 Å². The maximum absolute atomic E-state index is 12.3. The number of fused-ring (bicyclic) bond motifs is 2. The van der Waals surface area contributed by atoms with Crippen molar-refractivity contribution in [1.29, 1.82) is 0 Å². The lowest BCUT2D eigenvalue weighted by atomic mass is 9.89. The number of rotatable bonds is 2. The Morgan fingerprint density at radius 3 is 2.61 bits per heavy atom. The largest absolute Gasteiger partial charge is 0.481 e. The summed E-state index contributed by atoms with van der Waals surface area (Å²) in [6.45, 7) is 0. The van der Waals surface area contributed by atoms with Gasteiger partial charge >= 0.3 is 5.97 Å². The number of carbonyl (C=O) groups is 3. The predicted octanol–water partition coefficient (Wildman–Crippen LogP) is -0.271. The van der Waals surface area contributed by atoms with Gasteiger partial charge in [0.25, 0.3) is 0 Å². The molecule has 2 N–H and O–H groups in total. The van der Waals surface area contributed by atoms with E-state index in [1.54, 1.807) is 4.90 Å². The molecule has 3 unspecified atom stereocenters. The number of carboxylic acids is 1. The van der Waals surface area contributed by atoms with Crippen LogP contribution in [-0.2, 0) is 14.4 Å². The molecule has 0 aromatic heterocycles. The van der Waals surface area contributed by atoms with E-state index in [-0.39, 0.29) is 23.9 Å². The van der Waals surface area contributed by atoms with Crippen LogP contribution in [0.1, 0.15) is 32.1 Å². The summed E-state index contributed by atoms with van der Waals surface area (Å²) in [5, 5.41) is 11.8. The minimum Gasteiger partial charge on any atom is -0.481 e. The standard InChI is InChI=1S/C12H16N2O4/c15-10-4-2-8(13-10)11(16)14-6-1-3-9(14)7(5-6)12(17)18/h6-9H,1-5H2,(H,13,15)(H,17,18)/t6?,7?,8-,9?/m0/s1. The van der Waals surface area contributed by atoms with Gasteiger partial charge in [-0.15, -0.1) is 0 Å². The maximum atomic E-state index is 12.3. The second-order valence-electron chi connectivity index (χ2n) is 5.38. The number of nitrogens with zero attached hydrogens (tertiary/aromatic N) is 1. The van der Waals surface area contributed by atoms with Crippen molar-refractivity contribution in [2.75, 3.05) is 0 Å². The Hall–Kier alpha value is -1.59. The molecule has 0 radical (unpaired) electrons. The minimum absolute atomic E-state index is 0.0566. The molecule has 3 saturated heterocycles. The zero-order chi connectivity index (χ0) is 12.9. The van der Waals surface area contributed by atoms with Gasteiger partial charge in [0.2, 0.25) is 11.8 Å². The monoisotopic (exact) mass is 252 g/mol. The van der Waals surface area contributed by atoms with E-state index in [4.69, 9.17) is 5.11 Å². The molecule has 3 aliphatic heterocycles. The van der Waals surface area contributed by atoms with Gasteiger partial charge in [0.05, 0.1) is 5.92 Å². The van der Waals surface area contributed by atoms with Gasteiger partial charge in [-0.2, -0.15) is 0 Å². The van der Waals surface area contributed by atoms with Crippen LogP contribution in [0.15, 0.2) is 0 Å². The van der Waals surface area contributed by atoms with E-state index in [1.807, 2.05) is 0 Å². The first-order chi connectivity index (χ1) is 8.58. The summed E-state index contributed by atoms with van der Waals surface area (Å²) in [5.74, 6) is -1.41. The van der Waals surface area contributed by atoms with Gasteiger partial charge in [0.15, 0.2) is 0 Å². The molecule has 2 bridgehead atoms. The van der Waals surface area contributed by atoms with E-state index < -0.39 is 17.9 Å². The first kappa shape index (κ1) is 11.5. The lowest BCUT2D eigenvalue weighted by Crippen LogP contribution is -2.47. The Balaban J connectivity index is 1.75. The van der Waals surface area contributed by atoms with Crippen LogP contribution in [0.2, 0.25) is 0 Å². The molecule has 0 spiro atoms. The molecule has 4 atom stereocenters. The number of hydrogen-bond donors (Lipinski definition) is 2. The van der Waals surface area contributed by atoms with Crippen LogP contribution in [0.3, 0.4) is 0 Å². The number of carboxylic acid groups (broad SMARTS) is 1. The Labute approximate surface area is 104 Å². The third kappa shape index (κ3) is 1.59. The molecule has 2 amide bonds. The topological polar surface area (TPSA) is 86.7 Å². The van der Waals surface area contributed by atoms with E-state index in [9.17, 15) is 14.4 Å². The predicted molar refractivity (Wildman–Crippen MR) is 60.6 cm³/mol. The maximum Gasteiger partial charge on any atom is 0.308 e. The Morgan fingerprint density at radius 2 is 2.06 bits per heavy atom. The third-order valence-electron chi connectivity index (χ3n) is 4.40. The molecule has 3 aliphatic rings. The number of hydrogen-bond acceptors (Lipinski definition) is 3. The number of amides is 2. The van der Waals surface area contributed by atoms with Gasteiger partial charge < -0.3 is 15.3 Å². The summed E-state index contributed by atoms with van der Waals surface area (Å²) in [6, 6.07) is -0.549. The van der Waals surface area contributed by atoms with Gasteiger partial charge in [-0.3, -0.25) is 14.4 Å². The summed E-state index contributed by atoms with van der Waals surface area (Å²) >= 11 is 0. The molecule has 6 nitrogen and oxygen atoms in total. The Morgan fingerprint density at radius 1 is 1.28 bits per heavy atom. The fraction of sp³-hybridized carbons (Fsp3) is 0.750. The van der Waals surface area contributed by atoms with Crippen LogP contribution >= 0.6 is 0 Å². The molecule has 18 heavy (non-hydrogen) atoms. The molecule has 3 fully saturated rings. The Bertz CT molecular complexity index is 422. The average Bonchev–Trinajstić information content (AvgIpc) is 3.01. The molecule has 0 aromatic rings. The zero-order valence-corrected chi connectivity index (χ0v) is 9.96. The molecule has 3 heterocycles. The van der Waals surface area contributed by atoms with Crippen molar-refractivity contribution in [2.45, 2.75) is 50.2 Å². The molecular formula is C12H16N2O4. The molecular weight excluding hydrogens is 236 g/mol. The van der Waals surface area contributed by atoms with Gasteiger partial charge in [-0.05, 0) is 25.7 Å². The third-order valence-corrected chi connectivity index (χ3v) is 4.40. The smallest absolute Gasteiger partial charge is 0.308 e. The molecule has 0 aromatic carbocycles. The number of aliphatic carboxylic acids is 1. The van der Waals surface area contributed by atoms with Gasteiger partial charge in [0, 0.05) is 18.5 Å². The average molecular weight is 252 g/mol.